The lowest BCUT2D eigenvalue weighted by molar-refractivity contribution is -0.432. The molecule has 0 aromatic heterocycles. The van der Waals surface area contributed by atoms with E-state index in [0.29, 0.717) is 11.8 Å². The summed E-state index contributed by atoms with van der Waals surface area (Å²) >= 11 is 6.49. The Balaban J connectivity index is 1.11. The lowest BCUT2D eigenvalue weighted by Crippen LogP contribution is -2.25. The number of benzene rings is 4. The molecule has 2 aliphatic heterocycles. The summed E-state index contributed by atoms with van der Waals surface area (Å²) in [5.74, 6) is 0.979. The van der Waals surface area contributed by atoms with Crippen LogP contribution < -0.4 is 4.90 Å². The molecule has 0 spiro atoms. The molecule has 0 fully saturated rings. The summed E-state index contributed by atoms with van der Waals surface area (Å²) < 4.78 is 2.50. The molecule has 0 bridgehead atoms. The van der Waals surface area contributed by atoms with Crippen LogP contribution in [0.15, 0.2) is 108 Å². The molecule has 2 nitrogen and oxygen atoms in total. The van der Waals surface area contributed by atoms with E-state index in [0.717, 1.165) is 38.8 Å². The van der Waals surface area contributed by atoms with Gasteiger partial charge in [-0.05, 0) is 91.8 Å². The molecule has 4 aromatic rings. The van der Waals surface area contributed by atoms with Gasteiger partial charge in [-0.2, -0.15) is 4.58 Å². The SMILES string of the molecule is CCN1C(=CC=C(CCl)CCCCC=CC2=[N+](CC)c3ccc4ccccc4c3C2C)C(C)(C)c2c1ccc1ccccc21. The number of allylic oxidation sites excluding steroid dienone is 6. The van der Waals surface area contributed by atoms with E-state index in [1.54, 1.807) is 0 Å². The summed E-state index contributed by atoms with van der Waals surface area (Å²) in [4.78, 5) is 2.48. The zero-order valence-corrected chi connectivity index (χ0v) is 27.8. The first-order chi connectivity index (χ1) is 21.4. The molecule has 1 unspecified atom stereocenters. The van der Waals surface area contributed by atoms with Crippen LogP contribution in [-0.2, 0) is 5.41 Å². The molecule has 4 aromatic carbocycles. The average molecular weight is 602 g/mol. The fraction of sp³-hybridized carbons (Fsp3) is 0.341. The number of hydrogen-bond donors (Lipinski definition) is 0. The van der Waals surface area contributed by atoms with Gasteiger partial charge in [0.1, 0.15) is 6.54 Å². The molecule has 226 valence electrons. The van der Waals surface area contributed by atoms with Gasteiger partial charge in [-0.3, -0.25) is 0 Å². The first kappa shape index (κ1) is 30.4. The predicted octanol–water partition coefficient (Wildman–Crippen LogP) is 11.2. The maximum absolute atomic E-state index is 6.49. The molecular weight excluding hydrogens is 556 g/mol. The molecule has 0 radical (unpaired) electrons. The van der Waals surface area contributed by atoms with Gasteiger partial charge in [-0.15, -0.1) is 11.6 Å². The van der Waals surface area contributed by atoms with Gasteiger partial charge in [0.25, 0.3) is 0 Å². The van der Waals surface area contributed by atoms with Gasteiger partial charge in [-0.25, -0.2) is 0 Å². The molecule has 0 saturated carbocycles. The van der Waals surface area contributed by atoms with E-state index < -0.39 is 0 Å². The molecule has 2 heterocycles. The number of likely N-dealkylation sites (N-methyl/N-ethyl adjacent to an activating group) is 1. The fourth-order valence-corrected chi connectivity index (χ4v) is 7.89. The minimum absolute atomic E-state index is 0.0711. The van der Waals surface area contributed by atoms with Gasteiger partial charge in [-0.1, -0.05) is 86.2 Å². The zero-order chi connectivity index (χ0) is 30.8. The van der Waals surface area contributed by atoms with Crippen molar-refractivity contribution < 1.29 is 4.58 Å². The highest BCUT2D eigenvalue weighted by Crippen LogP contribution is 2.50. The van der Waals surface area contributed by atoms with Gasteiger partial charge in [0.2, 0.25) is 5.69 Å². The summed E-state index contributed by atoms with van der Waals surface area (Å²) in [6.45, 7) is 13.5. The fourth-order valence-electron chi connectivity index (χ4n) is 7.67. The smallest absolute Gasteiger partial charge is 0.210 e. The third-order valence-corrected chi connectivity index (χ3v) is 10.2. The third-order valence-electron chi connectivity index (χ3n) is 9.87. The lowest BCUT2D eigenvalue weighted by atomic mass is 9.81. The second-order valence-corrected chi connectivity index (χ2v) is 13.1. The topological polar surface area (TPSA) is 6.25 Å². The number of unbranched alkanes of at least 4 members (excludes halogenated alkanes) is 2. The number of nitrogens with zero attached hydrogens (tertiary/aromatic N) is 2. The van der Waals surface area contributed by atoms with E-state index in [4.69, 9.17) is 11.6 Å². The number of halogens is 1. The van der Waals surface area contributed by atoms with E-state index >= 15 is 0 Å². The Bertz CT molecular complexity index is 1820. The highest BCUT2D eigenvalue weighted by atomic mass is 35.5. The average Bonchev–Trinajstić information content (AvgIpc) is 3.45. The second-order valence-electron chi connectivity index (χ2n) is 12.8. The van der Waals surface area contributed by atoms with Crippen LogP contribution in [0.3, 0.4) is 0 Å². The van der Waals surface area contributed by atoms with Gasteiger partial charge < -0.3 is 4.90 Å². The molecular formula is C41H46ClN2+. The zero-order valence-electron chi connectivity index (χ0n) is 27.0. The Kier molecular flexibility index (Phi) is 8.83. The predicted molar refractivity (Wildman–Crippen MR) is 192 cm³/mol. The summed E-state index contributed by atoms with van der Waals surface area (Å²) in [6, 6.07) is 26.7. The maximum Gasteiger partial charge on any atom is 0.210 e. The Morgan fingerprint density at radius 1 is 0.909 bits per heavy atom. The number of anilines is 1. The molecule has 2 aliphatic rings. The highest BCUT2D eigenvalue weighted by Gasteiger charge is 2.40. The summed E-state index contributed by atoms with van der Waals surface area (Å²) in [7, 11) is 0. The number of rotatable bonds is 10. The minimum Gasteiger partial charge on any atom is -0.344 e. The molecule has 3 heteroatoms. The second kappa shape index (κ2) is 12.8. The van der Waals surface area contributed by atoms with Crippen LogP contribution in [0, 0.1) is 0 Å². The summed E-state index contributed by atoms with van der Waals surface area (Å²) in [6.07, 6.45) is 13.8. The van der Waals surface area contributed by atoms with Crippen LogP contribution in [0.25, 0.3) is 21.5 Å². The molecule has 44 heavy (non-hydrogen) atoms. The van der Waals surface area contributed by atoms with E-state index in [9.17, 15) is 0 Å². The van der Waals surface area contributed by atoms with E-state index in [1.807, 2.05) is 0 Å². The van der Waals surface area contributed by atoms with Crippen molar-refractivity contribution in [1.82, 2.24) is 0 Å². The molecule has 0 aliphatic carbocycles. The quantitative estimate of drug-likeness (QED) is 0.0995. The van der Waals surface area contributed by atoms with E-state index in [2.05, 4.69) is 141 Å². The monoisotopic (exact) mass is 601 g/mol. The first-order valence-corrected chi connectivity index (χ1v) is 17.0. The standard InChI is InChI=1S/C41H46ClN2/c1-6-43-35(29(3)39-33-19-14-12-17-31(33)23-25-36(39)43)21-11-9-8-10-16-30(28-42)22-27-38-41(4,5)40-34-20-15-13-18-32(34)24-26-37(40)44(38)7-2/h11-15,17-27,29H,6-10,16,28H2,1-5H3/q+1. The van der Waals surface area contributed by atoms with Gasteiger partial charge in [0.05, 0.1) is 5.92 Å². The molecule has 0 saturated heterocycles. The molecule has 6 rings (SSSR count). The van der Waals surface area contributed by atoms with Crippen LogP contribution in [0.2, 0.25) is 0 Å². The molecule has 0 N–H and O–H groups in total. The van der Waals surface area contributed by atoms with Crippen molar-refractivity contribution in [2.24, 2.45) is 0 Å². The van der Waals surface area contributed by atoms with Crippen molar-refractivity contribution in [1.29, 1.82) is 0 Å². The summed E-state index contributed by atoms with van der Waals surface area (Å²) in [5.41, 5.74) is 9.62. The van der Waals surface area contributed by atoms with Crippen LogP contribution in [0.4, 0.5) is 11.4 Å². The van der Waals surface area contributed by atoms with Crippen LogP contribution in [-0.4, -0.2) is 29.3 Å². The van der Waals surface area contributed by atoms with Crippen molar-refractivity contribution >= 4 is 50.2 Å². The van der Waals surface area contributed by atoms with Crippen molar-refractivity contribution in [2.75, 3.05) is 23.9 Å². The van der Waals surface area contributed by atoms with E-state index in [-0.39, 0.29) is 5.41 Å². The maximum atomic E-state index is 6.49. The normalized spacial score (nSPS) is 18.8. The van der Waals surface area contributed by atoms with Gasteiger partial charge in [0, 0.05) is 46.9 Å². The van der Waals surface area contributed by atoms with Crippen LogP contribution >= 0.6 is 11.6 Å². The van der Waals surface area contributed by atoms with Crippen molar-refractivity contribution in [3.63, 3.8) is 0 Å². The van der Waals surface area contributed by atoms with Crippen molar-refractivity contribution in [3.05, 3.63) is 119 Å². The van der Waals surface area contributed by atoms with Gasteiger partial charge in [0.15, 0.2) is 5.71 Å². The van der Waals surface area contributed by atoms with E-state index in [1.165, 1.54) is 61.0 Å². The Labute approximate surface area is 269 Å². The first-order valence-electron chi connectivity index (χ1n) is 16.5. The Morgan fingerprint density at radius 2 is 1.61 bits per heavy atom. The minimum atomic E-state index is -0.0711. The third kappa shape index (κ3) is 5.32. The van der Waals surface area contributed by atoms with Crippen molar-refractivity contribution in [2.45, 2.75) is 71.6 Å². The highest BCUT2D eigenvalue weighted by molar-refractivity contribution is 6.19. The molecule has 0 amide bonds. The van der Waals surface area contributed by atoms with Crippen LogP contribution in [0.5, 0.6) is 0 Å². The van der Waals surface area contributed by atoms with Gasteiger partial charge >= 0.3 is 0 Å². The van der Waals surface area contributed by atoms with Crippen molar-refractivity contribution in [3.8, 4) is 0 Å². The molecule has 1 atom stereocenters. The van der Waals surface area contributed by atoms with Crippen LogP contribution in [0.1, 0.15) is 77.3 Å². The number of fused-ring (bicyclic) bond motifs is 6. The Morgan fingerprint density at radius 3 is 2.34 bits per heavy atom. The number of alkyl halides is 1. The number of hydrogen-bond acceptors (Lipinski definition) is 1. The Hall–Kier alpha value is -3.62. The summed E-state index contributed by atoms with van der Waals surface area (Å²) in [5, 5.41) is 5.38. The largest absolute Gasteiger partial charge is 0.344 e. The lowest BCUT2D eigenvalue weighted by Gasteiger charge is -2.26.